The summed E-state index contributed by atoms with van der Waals surface area (Å²) in [6, 6.07) is 8.22. The molecule has 0 aliphatic carbocycles. The van der Waals surface area contributed by atoms with Crippen molar-refractivity contribution in [3.8, 4) is 23.5 Å². The lowest BCUT2D eigenvalue weighted by Crippen LogP contribution is -2.58. The molecule has 150 valence electrons. The van der Waals surface area contributed by atoms with Crippen molar-refractivity contribution in [3.05, 3.63) is 35.9 Å². The lowest BCUT2D eigenvalue weighted by Gasteiger charge is -2.33. The maximum absolute atomic E-state index is 12.9. The Hall–Kier alpha value is -2.94. The predicted octanol–water partition coefficient (Wildman–Crippen LogP) is 2.72. The Kier molecular flexibility index (Phi) is 6.74. The first-order valence-corrected chi connectivity index (χ1v) is 8.98. The molecule has 0 bridgehead atoms. The van der Waals surface area contributed by atoms with Crippen molar-refractivity contribution >= 4 is 23.1 Å². The number of nitrogens with zero attached hydrogens (tertiary/aromatic N) is 2. The third kappa shape index (κ3) is 4.66. The highest BCUT2D eigenvalue weighted by Gasteiger charge is 2.34. The highest BCUT2D eigenvalue weighted by Crippen LogP contribution is 2.27. The van der Waals surface area contributed by atoms with Crippen LogP contribution >= 0.6 is 12.2 Å². The molecule has 0 saturated carbocycles. The van der Waals surface area contributed by atoms with Gasteiger partial charge >= 0.3 is 6.01 Å². The van der Waals surface area contributed by atoms with Crippen LogP contribution in [0.3, 0.4) is 0 Å². The third-order valence-electron chi connectivity index (χ3n) is 4.45. The number of para-hydroxylation sites is 1. The zero-order valence-electron chi connectivity index (χ0n) is 16.5. The van der Waals surface area contributed by atoms with Crippen LogP contribution in [0, 0.1) is 5.92 Å². The molecule has 1 atom stereocenters. The first-order valence-electron chi connectivity index (χ1n) is 8.57. The number of nitrogens with one attached hydrogen (secondary N) is 1. The van der Waals surface area contributed by atoms with Crippen molar-refractivity contribution in [2.24, 2.45) is 11.7 Å². The molecular formula is C19H24N4O4S. The third-order valence-corrected chi connectivity index (χ3v) is 4.87. The normalized spacial score (nSPS) is 12.8. The maximum atomic E-state index is 12.9. The van der Waals surface area contributed by atoms with Crippen molar-refractivity contribution in [2.45, 2.75) is 26.3 Å². The molecule has 1 heterocycles. The minimum Gasteiger partial charge on any atom is -0.481 e. The number of hydrogen-bond acceptors (Lipinski definition) is 7. The second-order valence-electron chi connectivity index (χ2n) is 6.51. The fraction of sp³-hybridized carbons (Fsp3) is 0.368. The molecule has 1 amide bonds. The molecule has 2 rings (SSSR count). The fourth-order valence-electron chi connectivity index (χ4n) is 2.27. The quantitative estimate of drug-likeness (QED) is 0.647. The number of thiocarbonyl (C=S) groups is 1. The Morgan fingerprint density at radius 2 is 1.75 bits per heavy atom. The Bertz CT molecular complexity index is 853. The standard InChI is InChI=1S/C19H24N4O4S/c1-11(2)19(3,17(20)28)23-16(24)12-8-6-7-9-13(12)27-18-21-14(25-4)10-15(22-18)26-5/h6-11H,1-5H3,(H2,20,28)(H,23,24). The second-order valence-corrected chi connectivity index (χ2v) is 6.95. The summed E-state index contributed by atoms with van der Waals surface area (Å²) in [6.45, 7) is 5.65. The fourth-order valence-corrected chi connectivity index (χ4v) is 2.56. The van der Waals surface area contributed by atoms with Crippen molar-refractivity contribution in [1.29, 1.82) is 0 Å². The number of benzene rings is 1. The van der Waals surface area contributed by atoms with Gasteiger partial charge in [-0.15, -0.1) is 0 Å². The van der Waals surface area contributed by atoms with Crippen molar-refractivity contribution in [2.75, 3.05) is 14.2 Å². The molecule has 0 saturated heterocycles. The van der Waals surface area contributed by atoms with Gasteiger partial charge in [0.2, 0.25) is 11.8 Å². The number of amides is 1. The van der Waals surface area contributed by atoms with Crippen LogP contribution in [0.2, 0.25) is 0 Å². The van der Waals surface area contributed by atoms with E-state index >= 15 is 0 Å². The molecule has 9 heteroatoms. The highest BCUT2D eigenvalue weighted by molar-refractivity contribution is 7.80. The molecule has 2 aromatic rings. The summed E-state index contributed by atoms with van der Waals surface area (Å²) in [5.41, 5.74) is 5.30. The summed E-state index contributed by atoms with van der Waals surface area (Å²) < 4.78 is 16.0. The summed E-state index contributed by atoms with van der Waals surface area (Å²) in [5, 5.41) is 2.90. The van der Waals surface area contributed by atoms with Crippen molar-refractivity contribution in [3.63, 3.8) is 0 Å². The van der Waals surface area contributed by atoms with Crippen LogP contribution in [0.1, 0.15) is 31.1 Å². The Morgan fingerprint density at radius 1 is 1.18 bits per heavy atom. The summed E-state index contributed by atoms with van der Waals surface area (Å²) in [5.74, 6) is 0.418. The average molecular weight is 404 g/mol. The SMILES string of the molecule is COc1cc(OC)nc(Oc2ccccc2C(=O)NC(C)(C(N)=S)C(C)C)n1. The van der Waals surface area contributed by atoms with E-state index < -0.39 is 5.54 Å². The zero-order valence-corrected chi connectivity index (χ0v) is 17.3. The molecule has 0 spiro atoms. The van der Waals surface area contributed by atoms with E-state index in [1.165, 1.54) is 20.3 Å². The van der Waals surface area contributed by atoms with E-state index in [9.17, 15) is 4.79 Å². The smallest absolute Gasteiger partial charge is 0.328 e. The summed E-state index contributed by atoms with van der Waals surface area (Å²) in [7, 11) is 2.94. The second kappa shape index (κ2) is 8.83. The molecule has 3 N–H and O–H groups in total. The molecule has 0 aliphatic rings. The number of carbonyl (C=O) groups excluding carboxylic acids is 1. The van der Waals surface area contributed by atoms with Crippen LogP contribution in [0.25, 0.3) is 0 Å². The predicted molar refractivity (Wildman–Crippen MR) is 109 cm³/mol. The molecule has 1 aromatic heterocycles. The van der Waals surface area contributed by atoms with E-state index in [2.05, 4.69) is 15.3 Å². The van der Waals surface area contributed by atoms with Gasteiger partial charge < -0.3 is 25.3 Å². The Morgan fingerprint density at radius 3 is 2.25 bits per heavy atom. The van der Waals surface area contributed by atoms with Gasteiger partial charge in [-0.25, -0.2) is 0 Å². The van der Waals surface area contributed by atoms with Gasteiger partial charge in [0.15, 0.2) is 0 Å². The van der Waals surface area contributed by atoms with Gasteiger partial charge in [0, 0.05) is 0 Å². The first kappa shape index (κ1) is 21.4. The van der Waals surface area contributed by atoms with Gasteiger partial charge in [0.1, 0.15) is 5.75 Å². The Labute approximate surface area is 169 Å². The van der Waals surface area contributed by atoms with Gasteiger partial charge in [0.05, 0.1) is 36.4 Å². The van der Waals surface area contributed by atoms with E-state index in [0.29, 0.717) is 0 Å². The number of methoxy groups -OCH3 is 2. The number of rotatable bonds is 8. The van der Waals surface area contributed by atoms with Crippen LogP contribution in [-0.2, 0) is 0 Å². The van der Waals surface area contributed by atoms with Gasteiger partial charge in [-0.3, -0.25) is 4.79 Å². The first-order chi connectivity index (χ1) is 13.2. The number of aromatic nitrogens is 2. The average Bonchev–Trinajstić information content (AvgIpc) is 2.67. The zero-order chi connectivity index (χ0) is 20.9. The van der Waals surface area contributed by atoms with E-state index in [1.807, 2.05) is 13.8 Å². The molecule has 0 radical (unpaired) electrons. The summed E-state index contributed by atoms with van der Waals surface area (Å²) >= 11 is 5.15. The van der Waals surface area contributed by atoms with Crippen molar-refractivity contribution < 1.29 is 19.0 Å². The van der Waals surface area contributed by atoms with Crippen molar-refractivity contribution in [1.82, 2.24) is 15.3 Å². The minimum absolute atomic E-state index is 0.00647. The van der Waals surface area contributed by atoms with Crippen LogP contribution in [0.15, 0.2) is 30.3 Å². The van der Waals surface area contributed by atoms with Crippen LogP contribution < -0.4 is 25.3 Å². The van der Waals surface area contributed by atoms with Crippen LogP contribution in [0.4, 0.5) is 0 Å². The molecule has 8 nitrogen and oxygen atoms in total. The lowest BCUT2D eigenvalue weighted by atomic mass is 9.88. The largest absolute Gasteiger partial charge is 0.481 e. The van der Waals surface area contributed by atoms with Gasteiger partial charge in [0.25, 0.3) is 5.91 Å². The maximum Gasteiger partial charge on any atom is 0.328 e. The van der Waals surface area contributed by atoms with E-state index in [1.54, 1.807) is 31.2 Å². The highest BCUT2D eigenvalue weighted by atomic mass is 32.1. The van der Waals surface area contributed by atoms with Gasteiger partial charge in [-0.1, -0.05) is 38.2 Å². The van der Waals surface area contributed by atoms with E-state index in [0.717, 1.165) is 0 Å². The monoisotopic (exact) mass is 404 g/mol. The molecule has 1 aromatic carbocycles. The van der Waals surface area contributed by atoms with E-state index in [-0.39, 0.29) is 45.9 Å². The van der Waals surface area contributed by atoms with E-state index in [4.69, 9.17) is 32.2 Å². The summed E-state index contributed by atoms with van der Waals surface area (Å²) in [4.78, 5) is 21.4. The molecule has 0 fully saturated rings. The summed E-state index contributed by atoms with van der Waals surface area (Å²) in [6.07, 6.45) is 0. The number of carbonyl (C=O) groups is 1. The lowest BCUT2D eigenvalue weighted by molar-refractivity contribution is 0.0910. The number of hydrogen-bond donors (Lipinski definition) is 2. The van der Waals surface area contributed by atoms with Crippen LogP contribution in [-0.4, -0.2) is 40.6 Å². The molecule has 1 unspecified atom stereocenters. The molecular weight excluding hydrogens is 380 g/mol. The molecule has 0 aliphatic heterocycles. The van der Waals surface area contributed by atoms with Gasteiger partial charge in [-0.05, 0) is 25.0 Å². The topological polar surface area (TPSA) is 109 Å². The number of nitrogens with two attached hydrogens (primary N) is 1. The number of ether oxygens (including phenoxy) is 3. The minimum atomic E-state index is -0.852. The van der Waals surface area contributed by atoms with Crippen LogP contribution in [0.5, 0.6) is 23.5 Å². The molecule has 28 heavy (non-hydrogen) atoms. The van der Waals surface area contributed by atoms with Gasteiger partial charge in [-0.2, -0.15) is 9.97 Å². The Balaban J connectivity index is 2.35.